The van der Waals surface area contributed by atoms with Gasteiger partial charge in [0.1, 0.15) is 5.82 Å². The van der Waals surface area contributed by atoms with Crippen LogP contribution in [-0.4, -0.2) is 27.6 Å². The lowest BCUT2D eigenvalue weighted by Crippen LogP contribution is -2.23. The molecule has 0 spiro atoms. The number of hydrogen-bond acceptors (Lipinski definition) is 4. The molecule has 10 heteroatoms. The van der Waals surface area contributed by atoms with Crippen LogP contribution in [0.4, 0.5) is 14.9 Å². The van der Waals surface area contributed by atoms with Crippen molar-refractivity contribution < 1.29 is 18.8 Å². The Labute approximate surface area is 199 Å². The number of rotatable bonds is 7. The summed E-state index contributed by atoms with van der Waals surface area (Å²) in [6, 6.07) is 19.7. The van der Waals surface area contributed by atoms with Gasteiger partial charge in [-0.25, -0.2) is 13.9 Å². The number of carbonyl (C=O) groups is 3. The molecule has 0 fully saturated rings. The van der Waals surface area contributed by atoms with E-state index in [4.69, 9.17) is 11.5 Å². The summed E-state index contributed by atoms with van der Waals surface area (Å²) in [6.07, 6.45) is 1.41. The summed E-state index contributed by atoms with van der Waals surface area (Å²) in [6.45, 7) is 0.296. The second kappa shape index (κ2) is 9.87. The van der Waals surface area contributed by atoms with Gasteiger partial charge in [-0.1, -0.05) is 48.5 Å². The fraction of sp³-hybridized carbons (Fsp3) is 0.0400. The molecule has 0 bridgehead atoms. The molecule has 0 saturated heterocycles. The van der Waals surface area contributed by atoms with Crippen molar-refractivity contribution in [2.24, 2.45) is 11.5 Å². The van der Waals surface area contributed by atoms with Crippen LogP contribution in [0.5, 0.6) is 0 Å². The van der Waals surface area contributed by atoms with Crippen molar-refractivity contribution >= 4 is 23.5 Å². The Hall–Kier alpha value is -4.99. The first-order valence-electron chi connectivity index (χ1n) is 10.5. The second-order valence-electron chi connectivity index (χ2n) is 7.60. The number of hydrogen-bond donors (Lipinski definition) is 4. The Bertz CT molecular complexity index is 1400. The molecule has 0 atom stereocenters. The highest BCUT2D eigenvalue weighted by Crippen LogP contribution is 2.24. The molecule has 0 radical (unpaired) electrons. The van der Waals surface area contributed by atoms with Crippen LogP contribution in [0.3, 0.4) is 0 Å². The lowest BCUT2D eigenvalue weighted by molar-refractivity contribution is 0.0945. The van der Waals surface area contributed by atoms with E-state index < -0.39 is 23.7 Å². The fourth-order valence-electron chi connectivity index (χ4n) is 3.47. The van der Waals surface area contributed by atoms with Crippen molar-refractivity contribution in [2.45, 2.75) is 6.54 Å². The zero-order valence-corrected chi connectivity index (χ0v) is 18.4. The number of halogens is 1. The fourth-order valence-corrected chi connectivity index (χ4v) is 3.47. The van der Waals surface area contributed by atoms with Gasteiger partial charge in [-0.15, -0.1) is 0 Å². The first-order chi connectivity index (χ1) is 16.8. The van der Waals surface area contributed by atoms with Crippen LogP contribution in [0.25, 0.3) is 16.8 Å². The number of nitrogens with two attached hydrogens (primary N) is 2. The summed E-state index contributed by atoms with van der Waals surface area (Å²) in [5, 5.41) is 9.10. The van der Waals surface area contributed by atoms with E-state index >= 15 is 0 Å². The van der Waals surface area contributed by atoms with Crippen molar-refractivity contribution in [3.8, 4) is 16.8 Å². The van der Waals surface area contributed by atoms with Gasteiger partial charge in [-0.2, -0.15) is 5.10 Å². The summed E-state index contributed by atoms with van der Waals surface area (Å²) >= 11 is 0. The van der Waals surface area contributed by atoms with Crippen LogP contribution in [0.15, 0.2) is 79.0 Å². The quantitative estimate of drug-likeness (QED) is 0.327. The molecule has 9 nitrogen and oxygen atoms in total. The largest absolute Gasteiger partial charge is 0.364 e. The third-order valence-electron chi connectivity index (χ3n) is 5.18. The highest BCUT2D eigenvalue weighted by atomic mass is 19.1. The normalized spacial score (nSPS) is 10.5. The summed E-state index contributed by atoms with van der Waals surface area (Å²) < 4.78 is 16.1. The Morgan fingerprint density at radius 2 is 1.60 bits per heavy atom. The molecule has 0 aliphatic rings. The number of primary amides is 2. The minimum absolute atomic E-state index is 0.0497. The Morgan fingerprint density at radius 1 is 0.914 bits per heavy atom. The Balaban J connectivity index is 1.50. The Morgan fingerprint density at radius 3 is 2.23 bits per heavy atom. The van der Waals surface area contributed by atoms with Crippen LogP contribution in [0.1, 0.15) is 26.4 Å². The number of amides is 4. The molecule has 4 amide bonds. The highest BCUT2D eigenvalue weighted by Gasteiger charge is 2.17. The third-order valence-corrected chi connectivity index (χ3v) is 5.18. The summed E-state index contributed by atoms with van der Waals surface area (Å²) in [5.74, 6) is -1.97. The molecule has 3 aromatic carbocycles. The predicted molar refractivity (Wildman–Crippen MR) is 128 cm³/mol. The highest BCUT2D eigenvalue weighted by molar-refractivity contribution is 6.00. The monoisotopic (exact) mass is 472 g/mol. The zero-order valence-electron chi connectivity index (χ0n) is 18.4. The van der Waals surface area contributed by atoms with E-state index in [0.29, 0.717) is 23.4 Å². The molecule has 0 aliphatic heterocycles. The Kier molecular flexibility index (Phi) is 6.54. The molecule has 1 heterocycles. The van der Waals surface area contributed by atoms with E-state index in [2.05, 4.69) is 15.7 Å². The lowest BCUT2D eigenvalue weighted by atomic mass is 10.0. The molecular weight excluding hydrogens is 451 g/mol. The maximum atomic E-state index is 14.7. The van der Waals surface area contributed by atoms with Gasteiger partial charge in [0.05, 0.1) is 23.1 Å². The molecular formula is C25H21FN6O3. The molecule has 4 rings (SSSR count). The SMILES string of the molecule is NC(=O)Nc1cn(-c2ccc(-c3ccc(C(=O)NCc4ccccc4)c(F)c3)cc2)nc1C(N)=O. The minimum atomic E-state index is -0.860. The zero-order chi connectivity index (χ0) is 24.9. The van der Waals surface area contributed by atoms with E-state index in [0.717, 1.165) is 5.56 Å². The van der Waals surface area contributed by atoms with E-state index in [1.54, 1.807) is 30.3 Å². The number of aromatic nitrogens is 2. The van der Waals surface area contributed by atoms with Crippen molar-refractivity contribution in [1.29, 1.82) is 0 Å². The minimum Gasteiger partial charge on any atom is -0.364 e. The van der Waals surface area contributed by atoms with Crippen LogP contribution in [0, 0.1) is 5.82 Å². The van der Waals surface area contributed by atoms with Gasteiger partial charge in [0.15, 0.2) is 5.69 Å². The van der Waals surface area contributed by atoms with Crippen LogP contribution in [-0.2, 0) is 6.54 Å². The van der Waals surface area contributed by atoms with Gasteiger partial charge >= 0.3 is 6.03 Å². The maximum absolute atomic E-state index is 14.7. The third kappa shape index (κ3) is 5.33. The molecule has 4 aromatic rings. The molecule has 1 aromatic heterocycles. The van der Waals surface area contributed by atoms with E-state index in [1.165, 1.54) is 23.0 Å². The topological polar surface area (TPSA) is 145 Å². The summed E-state index contributed by atoms with van der Waals surface area (Å²) in [4.78, 5) is 35.2. The molecule has 0 unspecified atom stereocenters. The van der Waals surface area contributed by atoms with Gasteiger partial charge in [0, 0.05) is 6.54 Å². The van der Waals surface area contributed by atoms with Crippen molar-refractivity contribution in [2.75, 3.05) is 5.32 Å². The number of carbonyl (C=O) groups excluding carboxylic acids is 3. The van der Waals surface area contributed by atoms with E-state index in [1.807, 2.05) is 30.3 Å². The number of anilines is 1. The van der Waals surface area contributed by atoms with Crippen LogP contribution < -0.4 is 22.1 Å². The number of nitrogens with one attached hydrogen (secondary N) is 2. The standard InChI is InChI=1S/C25H21FN6O3/c26-20-12-17(8-11-19(20)24(34)29-13-15-4-2-1-3-5-15)16-6-9-18(10-7-16)32-14-21(30-25(28)35)22(31-32)23(27)33/h1-12,14H,13H2,(H2,27,33)(H,29,34)(H3,28,30,35). The molecule has 35 heavy (non-hydrogen) atoms. The lowest BCUT2D eigenvalue weighted by Gasteiger charge is -2.09. The molecule has 0 aliphatic carbocycles. The average molecular weight is 472 g/mol. The molecule has 0 saturated carbocycles. The second-order valence-corrected chi connectivity index (χ2v) is 7.60. The van der Waals surface area contributed by atoms with Crippen LogP contribution in [0.2, 0.25) is 0 Å². The van der Waals surface area contributed by atoms with Crippen LogP contribution >= 0.6 is 0 Å². The van der Waals surface area contributed by atoms with Gasteiger partial charge < -0.3 is 22.1 Å². The van der Waals surface area contributed by atoms with Gasteiger partial charge in [-0.3, -0.25) is 9.59 Å². The van der Waals surface area contributed by atoms with E-state index in [-0.39, 0.29) is 16.9 Å². The van der Waals surface area contributed by atoms with Gasteiger partial charge in [-0.05, 0) is 41.0 Å². The van der Waals surface area contributed by atoms with Crippen molar-refractivity contribution in [1.82, 2.24) is 15.1 Å². The van der Waals surface area contributed by atoms with Gasteiger partial charge in [0.2, 0.25) is 0 Å². The first kappa shape index (κ1) is 23.2. The van der Waals surface area contributed by atoms with E-state index in [9.17, 15) is 18.8 Å². The first-order valence-corrected chi connectivity index (χ1v) is 10.5. The number of nitrogens with zero attached hydrogens (tertiary/aromatic N) is 2. The smallest absolute Gasteiger partial charge is 0.316 e. The summed E-state index contributed by atoms with van der Waals surface area (Å²) in [5.41, 5.74) is 13.1. The average Bonchev–Trinajstić information content (AvgIpc) is 3.26. The number of benzene rings is 3. The van der Waals surface area contributed by atoms with Crippen molar-refractivity contribution in [3.63, 3.8) is 0 Å². The van der Waals surface area contributed by atoms with Gasteiger partial charge in [0.25, 0.3) is 11.8 Å². The maximum Gasteiger partial charge on any atom is 0.316 e. The van der Waals surface area contributed by atoms with Crippen molar-refractivity contribution in [3.05, 3.63) is 102 Å². The molecule has 176 valence electrons. The number of urea groups is 1. The predicted octanol–water partition coefficient (Wildman–Crippen LogP) is 3.20. The molecule has 6 N–H and O–H groups in total. The summed E-state index contributed by atoms with van der Waals surface area (Å²) in [7, 11) is 0.